The average molecular weight is 367 g/mol. The highest BCUT2D eigenvalue weighted by Crippen LogP contribution is 2.52. The molecule has 2 heterocycles. The molecule has 0 spiro atoms. The Kier molecular flexibility index (Phi) is 4.32. The van der Waals surface area contributed by atoms with Gasteiger partial charge < -0.3 is 14.7 Å². The molecule has 1 saturated heterocycles. The van der Waals surface area contributed by atoms with E-state index in [1.165, 1.54) is 0 Å². The fourth-order valence-electron chi connectivity index (χ4n) is 4.99. The molecule has 0 aromatic heterocycles. The number of ketones is 1. The Morgan fingerprint density at radius 3 is 2.85 bits per heavy atom. The first-order valence-corrected chi connectivity index (χ1v) is 9.99. The molecule has 0 amide bonds. The lowest BCUT2D eigenvalue weighted by atomic mass is 9.80. The van der Waals surface area contributed by atoms with Gasteiger partial charge in [0.2, 0.25) is 0 Å². The SMILES string of the molecule is C=C1C(C)=C(CCCC)C(=O)[C@]1(C)CN1c2ccccc2[C@]2(O)CCO[C@H]12. The average Bonchev–Trinajstić information content (AvgIpc) is 3.20. The van der Waals surface area contributed by atoms with Crippen LogP contribution in [-0.2, 0) is 15.1 Å². The molecule has 2 aliphatic heterocycles. The molecule has 1 N–H and O–H groups in total. The third-order valence-corrected chi connectivity index (χ3v) is 6.74. The molecule has 0 bridgehead atoms. The van der Waals surface area contributed by atoms with E-state index in [0.717, 1.165) is 47.2 Å². The Morgan fingerprint density at radius 2 is 2.11 bits per heavy atom. The summed E-state index contributed by atoms with van der Waals surface area (Å²) in [6.45, 7) is 11.4. The van der Waals surface area contributed by atoms with Gasteiger partial charge in [0.25, 0.3) is 0 Å². The van der Waals surface area contributed by atoms with Crippen molar-refractivity contribution in [2.75, 3.05) is 18.1 Å². The Morgan fingerprint density at radius 1 is 1.37 bits per heavy atom. The summed E-state index contributed by atoms with van der Waals surface area (Å²) < 4.78 is 5.94. The molecule has 4 rings (SSSR count). The van der Waals surface area contributed by atoms with Gasteiger partial charge in [-0.05, 0) is 49.5 Å². The molecule has 3 aliphatic rings. The lowest BCUT2D eigenvalue weighted by Gasteiger charge is -2.36. The number of ether oxygens (including phenoxy) is 1. The topological polar surface area (TPSA) is 49.8 Å². The monoisotopic (exact) mass is 367 g/mol. The maximum Gasteiger partial charge on any atom is 0.171 e. The van der Waals surface area contributed by atoms with E-state index in [1.54, 1.807) is 0 Å². The number of fused-ring (bicyclic) bond motifs is 3. The second-order valence-corrected chi connectivity index (χ2v) is 8.39. The van der Waals surface area contributed by atoms with Crippen molar-refractivity contribution in [3.8, 4) is 0 Å². The van der Waals surface area contributed by atoms with Crippen LogP contribution >= 0.6 is 0 Å². The third-order valence-electron chi connectivity index (χ3n) is 6.74. The highest BCUT2D eigenvalue weighted by atomic mass is 16.5. The summed E-state index contributed by atoms with van der Waals surface area (Å²) in [5.74, 6) is 0.185. The van der Waals surface area contributed by atoms with Gasteiger partial charge in [-0.2, -0.15) is 0 Å². The number of rotatable bonds is 5. The van der Waals surface area contributed by atoms with Crippen molar-refractivity contribution in [2.45, 2.75) is 58.3 Å². The summed E-state index contributed by atoms with van der Waals surface area (Å²) in [5, 5.41) is 11.3. The van der Waals surface area contributed by atoms with Crippen LogP contribution in [0.4, 0.5) is 5.69 Å². The lowest BCUT2D eigenvalue weighted by molar-refractivity contribution is -0.121. The highest BCUT2D eigenvalue weighted by molar-refractivity contribution is 6.07. The molecule has 4 nitrogen and oxygen atoms in total. The Balaban J connectivity index is 1.68. The third kappa shape index (κ3) is 2.46. The van der Waals surface area contributed by atoms with Crippen LogP contribution in [-0.4, -0.2) is 30.3 Å². The smallest absolute Gasteiger partial charge is 0.171 e. The number of aliphatic hydroxyl groups is 1. The maximum absolute atomic E-state index is 13.4. The number of unbranched alkanes of at least 4 members (excludes halogenated alkanes) is 1. The van der Waals surface area contributed by atoms with Gasteiger partial charge in [-0.25, -0.2) is 0 Å². The van der Waals surface area contributed by atoms with Crippen LogP contribution in [0.25, 0.3) is 0 Å². The molecule has 144 valence electrons. The zero-order chi connectivity index (χ0) is 19.4. The van der Waals surface area contributed by atoms with E-state index < -0.39 is 17.2 Å². The predicted molar refractivity (Wildman–Crippen MR) is 107 cm³/mol. The summed E-state index contributed by atoms with van der Waals surface area (Å²) in [6, 6.07) is 7.91. The lowest BCUT2D eigenvalue weighted by Crippen LogP contribution is -2.48. The number of carbonyl (C=O) groups excluding carboxylic acids is 1. The van der Waals surface area contributed by atoms with Gasteiger partial charge in [0.1, 0.15) is 5.60 Å². The van der Waals surface area contributed by atoms with E-state index in [9.17, 15) is 9.90 Å². The van der Waals surface area contributed by atoms with E-state index >= 15 is 0 Å². The number of nitrogens with zero attached hydrogens (tertiary/aromatic N) is 1. The number of anilines is 1. The zero-order valence-corrected chi connectivity index (χ0v) is 16.5. The first kappa shape index (κ1) is 18.5. The van der Waals surface area contributed by atoms with Crippen molar-refractivity contribution in [2.24, 2.45) is 5.41 Å². The van der Waals surface area contributed by atoms with Gasteiger partial charge in [-0.1, -0.05) is 38.1 Å². The van der Waals surface area contributed by atoms with Gasteiger partial charge in [-0.15, -0.1) is 0 Å². The summed E-state index contributed by atoms with van der Waals surface area (Å²) in [5.41, 5.74) is 3.07. The van der Waals surface area contributed by atoms with E-state index in [2.05, 4.69) is 18.4 Å². The van der Waals surface area contributed by atoms with Crippen LogP contribution in [0.3, 0.4) is 0 Å². The van der Waals surface area contributed by atoms with E-state index in [1.807, 2.05) is 38.1 Å². The van der Waals surface area contributed by atoms with Gasteiger partial charge >= 0.3 is 0 Å². The molecule has 0 saturated carbocycles. The minimum atomic E-state index is -0.997. The fourth-order valence-corrected chi connectivity index (χ4v) is 4.99. The first-order chi connectivity index (χ1) is 12.8. The number of allylic oxidation sites excluding steroid dienone is 2. The van der Waals surface area contributed by atoms with E-state index in [-0.39, 0.29) is 5.78 Å². The van der Waals surface area contributed by atoms with Gasteiger partial charge in [0.15, 0.2) is 12.0 Å². The molecule has 1 aromatic rings. The van der Waals surface area contributed by atoms with Crippen molar-refractivity contribution >= 4 is 11.5 Å². The quantitative estimate of drug-likeness (QED) is 0.851. The molecule has 0 unspecified atom stereocenters. The number of Topliss-reactive ketones (excluding diaryl/α,β-unsaturated/α-hetero) is 1. The van der Waals surface area contributed by atoms with Crippen LogP contribution < -0.4 is 4.90 Å². The number of benzene rings is 1. The van der Waals surface area contributed by atoms with Crippen molar-refractivity contribution in [1.82, 2.24) is 0 Å². The van der Waals surface area contributed by atoms with E-state index in [0.29, 0.717) is 19.6 Å². The molecule has 0 radical (unpaired) electrons. The minimum Gasteiger partial charge on any atom is -0.380 e. The second-order valence-electron chi connectivity index (χ2n) is 8.39. The Labute approximate surface area is 161 Å². The van der Waals surface area contributed by atoms with Gasteiger partial charge in [-0.3, -0.25) is 4.79 Å². The first-order valence-electron chi connectivity index (χ1n) is 9.99. The molecule has 27 heavy (non-hydrogen) atoms. The van der Waals surface area contributed by atoms with Crippen LogP contribution in [0.5, 0.6) is 0 Å². The molecule has 1 fully saturated rings. The largest absolute Gasteiger partial charge is 0.380 e. The number of carbonyl (C=O) groups is 1. The molecular weight excluding hydrogens is 338 g/mol. The van der Waals surface area contributed by atoms with Crippen molar-refractivity contribution < 1.29 is 14.6 Å². The summed E-state index contributed by atoms with van der Waals surface area (Å²) >= 11 is 0. The summed E-state index contributed by atoms with van der Waals surface area (Å²) in [6.07, 6.45) is 3.04. The molecular formula is C23H29NO3. The standard InChI is InChI=1S/C23H29NO3/c1-5-6-9-17-15(2)16(3)22(4,20(17)25)14-24-19-11-8-7-10-18(19)23(26)12-13-27-21(23)24/h7-8,10-11,21,26H,3,5-6,9,12-14H2,1-2,4H3/t21-,22+,23+/m0/s1. The highest BCUT2D eigenvalue weighted by Gasteiger charge is 2.56. The predicted octanol–water partition coefficient (Wildman–Crippen LogP) is 4.09. The van der Waals surface area contributed by atoms with Crippen molar-refractivity contribution in [1.29, 1.82) is 0 Å². The Bertz CT molecular complexity index is 842. The number of hydrogen-bond donors (Lipinski definition) is 1. The molecule has 4 heteroatoms. The molecule has 3 atom stereocenters. The molecule has 1 aromatic carbocycles. The molecule has 1 aliphatic carbocycles. The second kappa shape index (κ2) is 6.32. The van der Waals surface area contributed by atoms with Gasteiger partial charge in [0.05, 0.1) is 12.0 Å². The summed E-state index contributed by atoms with van der Waals surface area (Å²) in [7, 11) is 0. The van der Waals surface area contributed by atoms with E-state index in [4.69, 9.17) is 4.74 Å². The van der Waals surface area contributed by atoms with Crippen LogP contribution in [0.15, 0.2) is 47.6 Å². The normalized spacial score (nSPS) is 32.4. The van der Waals surface area contributed by atoms with Crippen LogP contribution in [0.1, 0.15) is 52.0 Å². The number of para-hydroxylation sites is 1. The Hall–Kier alpha value is -1.91. The van der Waals surface area contributed by atoms with Crippen molar-refractivity contribution in [3.63, 3.8) is 0 Å². The summed E-state index contributed by atoms with van der Waals surface area (Å²) in [4.78, 5) is 15.5. The fraction of sp³-hybridized carbons (Fsp3) is 0.522. The van der Waals surface area contributed by atoms with Gasteiger partial charge in [0, 0.05) is 24.2 Å². The van der Waals surface area contributed by atoms with Crippen LogP contribution in [0.2, 0.25) is 0 Å². The maximum atomic E-state index is 13.4. The van der Waals surface area contributed by atoms with Crippen molar-refractivity contribution in [3.05, 3.63) is 53.1 Å². The van der Waals surface area contributed by atoms with Crippen LogP contribution in [0, 0.1) is 5.41 Å². The minimum absolute atomic E-state index is 0.185. The number of hydrogen-bond acceptors (Lipinski definition) is 4. The zero-order valence-electron chi connectivity index (χ0n) is 16.5.